The molecule has 0 atom stereocenters. The number of carbonyl (C=O) groups is 1. The number of oxime groups is 1. The van der Waals surface area contributed by atoms with Crippen LogP contribution in [0.4, 0.5) is 0 Å². The Bertz CT molecular complexity index is 381. The predicted molar refractivity (Wildman–Crippen MR) is 68.8 cm³/mol. The number of carbonyl (C=O) groups excluding carboxylic acids is 1. The van der Waals surface area contributed by atoms with Gasteiger partial charge in [0.1, 0.15) is 5.41 Å². The lowest BCUT2D eigenvalue weighted by Gasteiger charge is -2.35. The van der Waals surface area contributed by atoms with Gasteiger partial charge in [-0.3, -0.25) is 9.00 Å². The van der Waals surface area contributed by atoms with Crippen molar-refractivity contribution in [2.24, 2.45) is 16.3 Å². The number of hydrogen-bond acceptors (Lipinski definition) is 4. The second-order valence-electron chi connectivity index (χ2n) is 4.91. The summed E-state index contributed by atoms with van der Waals surface area (Å²) in [5.41, 5.74) is 4.91. The van der Waals surface area contributed by atoms with Crippen molar-refractivity contribution in [2.75, 3.05) is 24.6 Å². The first-order valence-corrected chi connectivity index (χ1v) is 7.71. The lowest BCUT2D eigenvalue weighted by molar-refractivity contribution is -0.137. The van der Waals surface area contributed by atoms with Crippen LogP contribution in [0, 0.1) is 5.41 Å². The molecule has 6 nitrogen and oxygen atoms in total. The molecule has 1 heterocycles. The van der Waals surface area contributed by atoms with E-state index in [-0.39, 0.29) is 11.7 Å². The first-order chi connectivity index (χ1) is 8.60. The number of nitrogens with zero attached hydrogens (tertiary/aromatic N) is 2. The Balaban J connectivity index is 2.16. The highest BCUT2D eigenvalue weighted by Crippen LogP contribution is 2.40. The van der Waals surface area contributed by atoms with Crippen LogP contribution in [0.2, 0.25) is 0 Å². The van der Waals surface area contributed by atoms with Crippen molar-refractivity contribution in [3.8, 4) is 0 Å². The number of amides is 1. The number of rotatable bonds is 2. The van der Waals surface area contributed by atoms with Crippen LogP contribution in [0.25, 0.3) is 0 Å². The Morgan fingerprint density at radius 1 is 1.28 bits per heavy atom. The molecule has 0 radical (unpaired) electrons. The molecule has 0 spiro atoms. The van der Waals surface area contributed by atoms with Crippen LogP contribution in [0.3, 0.4) is 0 Å². The van der Waals surface area contributed by atoms with Gasteiger partial charge in [0.2, 0.25) is 5.91 Å². The minimum absolute atomic E-state index is 0.0247. The minimum Gasteiger partial charge on any atom is -0.409 e. The highest BCUT2D eigenvalue weighted by molar-refractivity contribution is 7.85. The topological polar surface area (TPSA) is 96.0 Å². The van der Waals surface area contributed by atoms with E-state index in [1.807, 2.05) is 0 Å². The summed E-state index contributed by atoms with van der Waals surface area (Å²) in [4.78, 5) is 14.3. The maximum absolute atomic E-state index is 12.6. The SMILES string of the molecule is NC(=NO)C1(C(=O)N2CCS(=O)CC2)CCCC1. The third kappa shape index (κ3) is 2.23. The zero-order chi connectivity index (χ0) is 13.2. The van der Waals surface area contributed by atoms with Gasteiger partial charge in [-0.25, -0.2) is 0 Å². The van der Waals surface area contributed by atoms with Gasteiger partial charge in [0.25, 0.3) is 0 Å². The molecule has 0 aromatic carbocycles. The van der Waals surface area contributed by atoms with Gasteiger partial charge in [-0.2, -0.15) is 0 Å². The Hall–Kier alpha value is -1.11. The van der Waals surface area contributed by atoms with Crippen LogP contribution >= 0.6 is 0 Å². The maximum Gasteiger partial charge on any atom is 0.236 e. The molecule has 0 aromatic heterocycles. The van der Waals surface area contributed by atoms with Gasteiger partial charge in [-0.1, -0.05) is 18.0 Å². The van der Waals surface area contributed by atoms with Crippen LogP contribution in [0.1, 0.15) is 25.7 Å². The minimum atomic E-state index is -0.826. The van der Waals surface area contributed by atoms with Crippen molar-refractivity contribution >= 4 is 22.5 Å². The van der Waals surface area contributed by atoms with E-state index >= 15 is 0 Å². The van der Waals surface area contributed by atoms with Gasteiger partial charge < -0.3 is 15.8 Å². The summed E-state index contributed by atoms with van der Waals surface area (Å²) < 4.78 is 11.3. The zero-order valence-electron chi connectivity index (χ0n) is 10.3. The number of nitrogens with two attached hydrogens (primary N) is 1. The highest BCUT2D eigenvalue weighted by Gasteiger charge is 2.47. The largest absolute Gasteiger partial charge is 0.409 e. The molecule has 2 fully saturated rings. The molecule has 1 saturated carbocycles. The molecule has 1 saturated heterocycles. The summed E-state index contributed by atoms with van der Waals surface area (Å²) in [6, 6.07) is 0. The molecule has 3 N–H and O–H groups in total. The second kappa shape index (κ2) is 5.26. The lowest BCUT2D eigenvalue weighted by atomic mass is 9.83. The third-order valence-electron chi connectivity index (χ3n) is 3.93. The molecule has 1 aliphatic carbocycles. The second-order valence-corrected chi connectivity index (χ2v) is 6.61. The number of hydrogen-bond donors (Lipinski definition) is 2. The fourth-order valence-electron chi connectivity index (χ4n) is 2.80. The normalized spacial score (nSPS) is 25.3. The highest BCUT2D eigenvalue weighted by atomic mass is 32.2. The summed E-state index contributed by atoms with van der Waals surface area (Å²) in [5, 5.41) is 12.0. The summed E-state index contributed by atoms with van der Waals surface area (Å²) in [6.07, 6.45) is 3.12. The molecule has 2 aliphatic rings. The predicted octanol–water partition coefficient (Wildman–Crippen LogP) is -0.116. The summed E-state index contributed by atoms with van der Waals surface area (Å²) in [7, 11) is -0.810. The molecule has 7 heteroatoms. The first-order valence-electron chi connectivity index (χ1n) is 6.22. The quantitative estimate of drug-likeness (QED) is 0.317. The van der Waals surface area contributed by atoms with Crippen molar-refractivity contribution in [2.45, 2.75) is 25.7 Å². The fourth-order valence-corrected chi connectivity index (χ4v) is 3.85. The van der Waals surface area contributed by atoms with Crippen molar-refractivity contribution in [1.29, 1.82) is 0 Å². The van der Waals surface area contributed by atoms with Gasteiger partial charge in [-0.05, 0) is 12.8 Å². The van der Waals surface area contributed by atoms with Crippen LogP contribution in [0.15, 0.2) is 5.16 Å². The molecular formula is C11H19N3O3S. The van der Waals surface area contributed by atoms with Gasteiger partial charge >= 0.3 is 0 Å². The van der Waals surface area contributed by atoms with Crippen molar-refractivity contribution < 1.29 is 14.2 Å². The Kier molecular flexibility index (Phi) is 3.89. The fraction of sp³-hybridized carbons (Fsp3) is 0.818. The zero-order valence-corrected chi connectivity index (χ0v) is 11.1. The van der Waals surface area contributed by atoms with Crippen LogP contribution < -0.4 is 5.73 Å². The molecule has 102 valence electrons. The van der Waals surface area contributed by atoms with E-state index in [2.05, 4.69) is 5.16 Å². The van der Waals surface area contributed by atoms with Crippen molar-refractivity contribution in [3.05, 3.63) is 0 Å². The molecular weight excluding hydrogens is 254 g/mol. The van der Waals surface area contributed by atoms with E-state index in [0.29, 0.717) is 37.4 Å². The van der Waals surface area contributed by atoms with E-state index in [9.17, 15) is 9.00 Å². The summed E-state index contributed by atoms with van der Waals surface area (Å²) in [6.45, 7) is 1.01. The smallest absolute Gasteiger partial charge is 0.236 e. The van der Waals surface area contributed by atoms with Crippen LogP contribution in [-0.4, -0.2) is 50.7 Å². The van der Waals surface area contributed by atoms with E-state index in [1.165, 1.54) is 0 Å². The summed E-state index contributed by atoms with van der Waals surface area (Å²) in [5.74, 6) is 1.01. The van der Waals surface area contributed by atoms with Crippen molar-refractivity contribution in [3.63, 3.8) is 0 Å². The standard InChI is InChI=1S/C11H19N3O3S/c12-9(13-16)11(3-1-2-4-11)10(15)14-5-7-18(17)8-6-14/h16H,1-8H2,(H2,12,13). The van der Waals surface area contributed by atoms with Crippen LogP contribution in [-0.2, 0) is 15.6 Å². The molecule has 0 bridgehead atoms. The average molecular weight is 273 g/mol. The average Bonchev–Trinajstić information content (AvgIpc) is 2.88. The lowest BCUT2D eigenvalue weighted by Crippen LogP contribution is -2.53. The molecule has 0 aromatic rings. The molecule has 1 amide bonds. The Labute approximate surface area is 109 Å². The number of amidine groups is 1. The molecule has 0 unspecified atom stereocenters. The van der Waals surface area contributed by atoms with Gasteiger partial charge in [0.15, 0.2) is 5.84 Å². The van der Waals surface area contributed by atoms with Gasteiger partial charge in [0.05, 0.1) is 0 Å². The van der Waals surface area contributed by atoms with E-state index in [1.54, 1.807) is 4.90 Å². The molecule has 2 rings (SSSR count). The third-order valence-corrected chi connectivity index (χ3v) is 5.21. The van der Waals surface area contributed by atoms with Gasteiger partial charge in [0, 0.05) is 35.4 Å². The maximum atomic E-state index is 12.6. The van der Waals surface area contributed by atoms with Gasteiger partial charge in [-0.15, -0.1) is 0 Å². The Morgan fingerprint density at radius 3 is 2.33 bits per heavy atom. The van der Waals surface area contributed by atoms with Crippen molar-refractivity contribution in [1.82, 2.24) is 4.90 Å². The van der Waals surface area contributed by atoms with E-state index in [0.717, 1.165) is 12.8 Å². The monoisotopic (exact) mass is 273 g/mol. The molecule has 1 aliphatic heterocycles. The molecule has 18 heavy (non-hydrogen) atoms. The van der Waals surface area contributed by atoms with E-state index in [4.69, 9.17) is 10.9 Å². The van der Waals surface area contributed by atoms with E-state index < -0.39 is 16.2 Å². The first kappa shape index (κ1) is 13.3. The Morgan fingerprint density at radius 2 is 1.83 bits per heavy atom. The summed E-state index contributed by atoms with van der Waals surface area (Å²) >= 11 is 0. The van der Waals surface area contributed by atoms with Crippen LogP contribution in [0.5, 0.6) is 0 Å².